The van der Waals surface area contributed by atoms with Gasteiger partial charge in [0.15, 0.2) is 11.5 Å². The van der Waals surface area contributed by atoms with Crippen molar-refractivity contribution in [1.29, 1.82) is 0 Å². The summed E-state index contributed by atoms with van der Waals surface area (Å²) in [7, 11) is 0. The number of benzene rings is 2. The van der Waals surface area contributed by atoms with Gasteiger partial charge in [0.05, 0.1) is 24.0 Å². The highest BCUT2D eigenvalue weighted by Gasteiger charge is 2.16. The van der Waals surface area contributed by atoms with Crippen molar-refractivity contribution >= 4 is 23.7 Å². The number of carbonyl (C=O) groups is 1. The Balaban J connectivity index is 1.45. The normalized spacial score (nSPS) is 12.5. The zero-order valence-electron chi connectivity index (χ0n) is 15.4. The van der Waals surface area contributed by atoms with Gasteiger partial charge in [-0.05, 0) is 42.8 Å². The molecule has 1 aromatic heterocycles. The van der Waals surface area contributed by atoms with E-state index in [2.05, 4.69) is 15.6 Å². The molecule has 0 saturated heterocycles. The molecule has 2 heterocycles. The van der Waals surface area contributed by atoms with Gasteiger partial charge in [0, 0.05) is 5.56 Å². The number of nitrogens with zero attached hydrogens (tertiary/aromatic N) is 3. The minimum atomic E-state index is -0.396. The van der Waals surface area contributed by atoms with Crippen molar-refractivity contribution in [2.24, 2.45) is 5.10 Å². The average molecular weight is 415 g/mol. The molecule has 0 saturated carbocycles. The predicted molar refractivity (Wildman–Crippen MR) is 105 cm³/mol. The van der Waals surface area contributed by atoms with Crippen LogP contribution in [0.1, 0.15) is 27.2 Å². The largest absolute Gasteiger partial charge is 0.454 e. The van der Waals surface area contributed by atoms with Gasteiger partial charge in [-0.15, -0.1) is 0 Å². The van der Waals surface area contributed by atoms with E-state index in [1.165, 1.54) is 18.3 Å². The molecule has 0 radical (unpaired) electrons. The van der Waals surface area contributed by atoms with Crippen molar-refractivity contribution in [3.05, 3.63) is 75.8 Å². The predicted octanol–water partition coefficient (Wildman–Crippen LogP) is 3.52. The van der Waals surface area contributed by atoms with E-state index in [4.69, 9.17) is 21.1 Å². The average Bonchev–Trinajstić information content (AvgIpc) is 3.28. The summed E-state index contributed by atoms with van der Waals surface area (Å²) in [6.07, 6.45) is 1.44. The van der Waals surface area contributed by atoms with E-state index >= 15 is 0 Å². The van der Waals surface area contributed by atoms with Gasteiger partial charge in [0.25, 0.3) is 5.91 Å². The Morgan fingerprint density at radius 3 is 2.83 bits per heavy atom. The highest BCUT2D eigenvalue weighted by atomic mass is 35.5. The molecule has 1 N–H and O–H groups in total. The highest BCUT2D eigenvalue weighted by molar-refractivity contribution is 6.32. The van der Waals surface area contributed by atoms with Gasteiger partial charge in [-0.1, -0.05) is 23.7 Å². The maximum absolute atomic E-state index is 13.1. The van der Waals surface area contributed by atoms with Crippen molar-refractivity contribution in [1.82, 2.24) is 15.2 Å². The van der Waals surface area contributed by atoms with Gasteiger partial charge >= 0.3 is 0 Å². The van der Waals surface area contributed by atoms with E-state index < -0.39 is 5.91 Å². The summed E-state index contributed by atoms with van der Waals surface area (Å²) in [5.74, 6) is 0.415. The van der Waals surface area contributed by atoms with Crippen molar-refractivity contribution < 1.29 is 18.7 Å². The second-order valence-electron chi connectivity index (χ2n) is 6.34. The summed E-state index contributed by atoms with van der Waals surface area (Å²) in [5.41, 5.74) is 4.94. The lowest BCUT2D eigenvalue weighted by Crippen LogP contribution is -2.17. The first-order valence-electron chi connectivity index (χ1n) is 8.71. The number of hydrogen-bond donors (Lipinski definition) is 1. The topological polar surface area (TPSA) is 77.7 Å². The number of aryl methyl sites for hydroxylation is 1. The number of aromatic nitrogens is 2. The zero-order chi connectivity index (χ0) is 20.4. The van der Waals surface area contributed by atoms with Gasteiger partial charge in [-0.25, -0.2) is 14.5 Å². The zero-order valence-corrected chi connectivity index (χ0v) is 16.1. The molecular formula is C20H16ClFN4O3. The second-order valence-corrected chi connectivity index (χ2v) is 6.70. The van der Waals surface area contributed by atoms with Crippen LogP contribution in [-0.2, 0) is 6.54 Å². The molecule has 0 atom stereocenters. The summed E-state index contributed by atoms with van der Waals surface area (Å²) < 4.78 is 25.1. The Hall–Kier alpha value is -3.39. The molecule has 1 aliphatic rings. The molecule has 9 heteroatoms. The number of fused-ring (bicyclic) bond motifs is 1. The van der Waals surface area contributed by atoms with Crippen LogP contribution in [0, 0.1) is 12.7 Å². The Morgan fingerprint density at radius 1 is 1.28 bits per heavy atom. The molecule has 1 amide bonds. The van der Waals surface area contributed by atoms with Crippen molar-refractivity contribution in [3.8, 4) is 11.5 Å². The molecule has 4 rings (SSSR count). The summed E-state index contributed by atoms with van der Waals surface area (Å²) in [4.78, 5) is 12.3. The maximum Gasteiger partial charge on any atom is 0.271 e. The third-order valence-electron chi connectivity index (χ3n) is 4.35. The second kappa shape index (κ2) is 7.92. The minimum absolute atomic E-state index is 0.137. The van der Waals surface area contributed by atoms with Gasteiger partial charge in [0.1, 0.15) is 11.0 Å². The third kappa shape index (κ3) is 4.07. The molecule has 1 aliphatic heterocycles. The van der Waals surface area contributed by atoms with Crippen LogP contribution in [0.2, 0.25) is 5.15 Å². The summed E-state index contributed by atoms with van der Waals surface area (Å²) >= 11 is 6.40. The quantitative estimate of drug-likeness (QED) is 0.512. The fourth-order valence-electron chi connectivity index (χ4n) is 2.84. The lowest BCUT2D eigenvalue weighted by atomic mass is 10.2. The fourth-order valence-corrected chi connectivity index (χ4v) is 3.12. The van der Waals surface area contributed by atoms with E-state index in [0.717, 1.165) is 5.56 Å². The molecule has 3 aromatic rings. The molecule has 7 nitrogen and oxygen atoms in total. The van der Waals surface area contributed by atoms with Crippen LogP contribution >= 0.6 is 11.6 Å². The lowest BCUT2D eigenvalue weighted by molar-refractivity contribution is 0.0954. The smallest absolute Gasteiger partial charge is 0.271 e. The molecule has 0 unspecified atom stereocenters. The molecular weight excluding hydrogens is 399 g/mol. The molecule has 29 heavy (non-hydrogen) atoms. The van der Waals surface area contributed by atoms with Crippen molar-refractivity contribution in [2.45, 2.75) is 13.5 Å². The van der Waals surface area contributed by atoms with Crippen LogP contribution in [0.3, 0.4) is 0 Å². The lowest BCUT2D eigenvalue weighted by Gasteiger charge is -2.03. The van der Waals surface area contributed by atoms with Crippen molar-refractivity contribution in [2.75, 3.05) is 6.79 Å². The number of carbonyl (C=O) groups excluding carboxylic acids is 1. The number of halogens is 2. The molecule has 2 aromatic carbocycles. The monoisotopic (exact) mass is 414 g/mol. The van der Waals surface area contributed by atoms with E-state index in [9.17, 15) is 9.18 Å². The number of amides is 1. The van der Waals surface area contributed by atoms with Gasteiger partial charge < -0.3 is 9.47 Å². The van der Waals surface area contributed by atoms with E-state index in [0.29, 0.717) is 40.0 Å². The first-order chi connectivity index (χ1) is 14.0. The number of hydrazone groups is 1. The number of ether oxygens (including phenoxy) is 2. The Bertz CT molecular complexity index is 1100. The first kappa shape index (κ1) is 18.9. The number of nitrogens with one attached hydrogen (secondary N) is 1. The number of rotatable bonds is 5. The van der Waals surface area contributed by atoms with Crippen molar-refractivity contribution in [3.63, 3.8) is 0 Å². The Labute approximate surface area is 170 Å². The Kier molecular flexibility index (Phi) is 5.18. The van der Waals surface area contributed by atoms with E-state index in [1.54, 1.807) is 41.9 Å². The maximum atomic E-state index is 13.1. The first-order valence-corrected chi connectivity index (χ1v) is 9.09. The van der Waals surface area contributed by atoms with Crippen LogP contribution in [0.4, 0.5) is 4.39 Å². The molecule has 0 spiro atoms. The van der Waals surface area contributed by atoms with Gasteiger partial charge in [-0.2, -0.15) is 10.2 Å². The van der Waals surface area contributed by atoms with Crippen LogP contribution in [-0.4, -0.2) is 28.7 Å². The van der Waals surface area contributed by atoms with Gasteiger partial charge in [0.2, 0.25) is 6.79 Å². The van der Waals surface area contributed by atoms with E-state index in [1.807, 2.05) is 0 Å². The Morgan fingerprint density at radius 2 is 2.03 bits per heavy atom. The number of hydrogen-bond acceptors (Lipinski definition) is 5. The fraction of sp³-hybridized carbons (Fsp3) is 0.150. The van der Waals surface area contributed by atoms with E-state index in [-0.39, 0.29) is 12.6 Å². The molecule has 0 aliphatic carbocycles. The molecule has 0 fully saturated rings. The highest BCUT2D eigenvalue weighted by Crippen LogP contribution is 2.32. The van der Waals surface area contributed by atoms with Crippen LogP contribution in [0.15, 0.2) is 47.6 Å². The summed E-state index contributed by atoms with van der Waals surface area (Å²) in [6.45, 7) is 2.31. The standard InChI is InChI=1S/C20H16ClFN4O3/c1-12-16(19(21)26(25-12)10-13-2-5-15(22)6-3-13)9-23-24-20(27)14-4-7-17-18(8-14)29-11-28-17/h2-9H,10-11H2,1H3,(H,24,27). The third-order valence-corrected chi connectivity index (χ3v) is 4.75. The summed E-state index contributed by atoms with van der Waals surface area (Å²) in [5, 5.41) is 8.73. The summed E-state index contributed by atoms with van der Waals surface area (Å²) in [6, 6.07) is 11.0. The van der Waals surface area contributed by atoms with Crippen LogP contribution in [0.5, 0.6) is 11.5 Å². The molecule has 148 valence electrons. The SMILES string of the molecule is Cc1nn(Cc2ccc(F)cc2)c(Cl)c1C=NNC(=O)c1ccc2c(c1)OCO2. The van der Waals surface area contributed by atoms with Crippen LogP contribution in [0.25, 0.3) is 0 Å². The van der Waals surface area contributed by atoms with Gasteiger partial charge in [-0.3, -0.25) is 4.79 Å². The minimum Gasteiger partial charge on any atom is -0.454 e. The van der Waals surface area contributed by atoms with Crippen LogP contribution < -0.4 is 14.9 Å². The molecule has 0 bridgehead atoms.